The predicted molar refractivity (Wildman–Crippen MR) is 73.7 cm³/mol. The third kappa shape index (κ3) is 3.59. The molecule has 1 unspecified atom stereocenters. The Labute approximate surface area is 121 Å². The van der Waals surface area contributed by atoms with Crippen LogP contribution in [0.5, 0.6) is 0 Å². The largest absolute Gasteiger partial charge is 0.481 e. The zero-order valence-electron chi connectivity index (χ0n) is 10.5. The van der Waals surface area contributed by atoms with E-state index in [-0.39, 0.29) is 11.7 Å². The van der Waals surface area contributed by atoms with Crippen molar-refractivity contribution in [3.05, 3.63) is 23.5 Å². The molecule has 7 nitrogen and oxygen atoms in total. The molecule has 9 heteroatoms. The van der Waals surface area contributed by atoms with Crippen molar-refractivity contribution in [3.8, 4) is 0 Å². The maximum Gasteiger partial charge on any atom is 0.307 e. The number of hydrogen-bond donors (Lipinski definition) is 2. The van der Waals surface area contributed by atoms with Crippen LogP contribution < -0.4 is 4.72 Å². The van der Waals surface area contributed by atoms with Gasteiger partial charge in [-0.2, -0.15) is 12.7 Å². The fourth-order valence-corrected chi connectivity index (χ4v) is 3.52. The van der Waals surface area contributed by atoms with Gasteiger partial charge in [-0.05, 0) is 25.0 Å². The normalized spacial score (nSPS) is 20.6. The number of hydrogen-bond acceptors (Lipinski definition) is 4. The zero-order chi connectivity index (χ0) is 14.8. The van der Waals surface area contributed by atoms with Crippen LogP contribution in [0.4, 0.5) is 5.69 Å². The van der Waals surface area contributed by atoms with Gasteiger partial charge in [0, 0.05) is 19.3 Å². The summed E-state index contributed by atoms with van der Waals surface area (Å²) in [6.45, 7) is 0.279. The summed E-state index contributed by atoms with van der Waals surface area (Å²) in [4.78, 5) is 14.7. The van der Waals surface area contributed by atoms with Crippen molar-refractivity contribution in [1.82, 2.24) is 9.29 Å². The minimum Gasteiger partial charge on any atom is -0.481 e. The monoisotopic (exact) mass is 319 g/mol. The maximum atomic E-state index is 12.2. The molecule has 1 fully saturated rings. The lowest BCUT2D eigenvalue weighted by Crippen LogP contribution is -2.44. The molecular formula is C11H14ClN3O4S. The fourth-order valence-electron chi connectivity index (χ4n) is 2.04. The first-order valence-corrected chi connectivity index (χ1v) is 7.82. The average molecular weight is 320 g/mol. The van der Waals surface area contributed by atoms with Gasteiger partial charge >= 0.3 is 16.2 Å². The van der Waals surface area contributed by atoms with Gasteiger partial charge < -0.3 is 5.11 Å². The number of nitrogens with zero attached hydrogens (tertiary/aromatic N) is 2. The highest BCUT2D eigenvalue weighted by atomic mass is 35.5. The van der Waals surface area contributed by atoms with Crippen molar-refractivity contribution in [2.24, 2.45) is 5.92 Å². The summed E-state index contributed by atoms with van der Waals surface area (Å²) in [6.07, 6.45) is 2.40. The van der Waals surface area contributed by atoms with Gasteiger partial charge in [0.15, 0.2) is 0 Å². The number of aromatic nitrogens is 1. The lowest BCUT2D eigenvalue weighted by molar-refractivity contribution is -0.142. The van der Waals surface area contributed by atoms with E-state index in [9.17, 15) is 13.2 Å². The van der Waals surface area contributed by atoms with Crippen molar-refractivity contribution >= 4 is 33.5 Å². The third-order valence-electron chi connectivity index (χ3n) is 3.05. The highest BCUT2D eigenvalue weighted by Crippen LogP contribution is 2.21. The highest BCUT2D eigenvalue weighted by Gasteiger charge is 2.32. The number of halogens is 1. The molecule has 0 aliphatic carbocycles. The zero-order valence-corrected chi connectivity index (χ0v) is 12.1. The molecule has 1 aromatic heterocycles. The summed E-state index contributed by atoms with van der Waals surface area (Å²) in [7, 11) is -3.79. The van der Waals surface area contributed by atoms with E-state index >= 15 is 0 Å². The summed E-state index contributed by atoms with van der Waals surface area (Å²) < 4.78 is 27.9. The molecular weight excluding hydrogens is 306 g/mol. The van der Waals surface area contributed by atoms with Gasteiger partial charge in [0.1, 0.15) is 5.15 Å². The third-order valence-corrected chi connectivity index (χ3v) is 4.76. The van der Waals surface area contributed by atoms with Crippen molar-refractivity contribution in [3.63, 3.8) is 0 Å². The standard InChI is InChI=1S/C11H14ClN3O4S/c12-10-6-9(3-4-13-10)14-20(18,19)15-5-1-2-8(7-15)11(16)17/h3-4,6,8H,1-2,5,7H2,(H,13,14)(H,16,17). The van der Waals surface area contributed by atoms with E-state index in [1.165, 1.54) is 18.3 Å². The minimum absolute atomic E-state index is 0.0243. The van der Waals surface area contributed by atoms with E-state index in [4.69, 9.17) is 16.7 Å². The molecule has 2 N–H and O–H groups in total. The van der Waals surface area contributed by atoms with Crippen molar-refractivity contribution in [1.29, 1.82) is 0 Å². The van der Waals surface area contributed by atoms with Crippen LogP contribution in [-0.4, -0.2) is 41.9 Å². The van der Waals surface area contributed by atoms with Crippen LogP contribution >= 0.6 is 11.6 Å². The van der Waals surface area contributed by atoms with E-state index in [1.807, 2.05) is 0 Å². The number of carboxylic acid groups (broad SMARTS) is 1. The minimum atomic E-state index is -3.79. The van der Waals surface area contributed by atoms with Crippen LogP contribution in [0.25, 0.3) is 0 Å². The lowest BCUT2D eigenvalue weighted by atomic mass is 10.0. The maximum absolute atomic E-state index is 12.2. The molecule has 0 spiro atoms. The second-order valence-electron chi connectivity index (χ2n) is 4.51. The van der Waals surface area contributed by atoms with E-state index in [0.29, 0.717) is 25.1 Å². The van der Waals surface area contributed by atoms with E-state index in [0.717, 1.165) is 4.31 Å². The smallest absolute Gasteiger partial charge is 0.307 e. The summed E-state index contributed by atoms with van der Waals surface area (Å²) in [5.74, 6) is -1.64. The Bertz CT molecular complexity index is 607. The Morgan fingerprint density at radius 2 is 2.30 bits per heavy atom. The van der Waals surface area contributed by atoms with Gasteiger partial charge in [0.05, 0.1) is 11.6 Å². The first kappa shape index (κ1) is 15.0. The molecule has 2 rings (SSSR count). The molecule has 1 aromatic rings. The Kier molecular flexibility index (Phi) is 4.46. The number of anilines is 1. The van der Waals surface area contributed by atoms with Gasteiger partial charge in [0.25, 0.3) is 0 Å². The van der Waals surface area contributed by atoms with Gasteiger partial charge in [-0.1, -0.05) is 11.6 Å². The van der Waals surface area contributed by atoms with Crippen LogP contribution in [0.1, 0.15) is 12.8 Å². The molecule has 0 saturated carbocycles. The topological polar surface area (TPSA) is 99.6 Å². The molecule has 0 bridgehead atoms. The van der Waals surface area contributed by atoms with Crippen LogP contribution in [0.2, 0.25) is 5.15 Å². The van der Waals surface area contributed by atoms with E-state index in [1.54, 1.807) is 0 Å². The van der Waals surface area contributed by atoms with Crippen LogP contribution in [0.3, 0.4) is 0 Å². The SMILES string of the molecule is O=C(O)C1CCCN(S(=O)(=O)Nc2ccnc(Cl)c2)C1. The molecule has 2 heterocycles. The number of carbonyl (C=O) groups is 1. The van der Waals surface area contributed by atoms with Gasteiger partial charge in [0.2, 0.25) is 0 Å². The van der Waals surface area contributed by atoms with Crippen LogP contribution in [0, 0.1) is 5.92 Å². The molecule has 20 heavy (non-hydrogen) atoms. The van der Waals surface area contributed by atoms with Gasteiger partial charge in [-0.3, -0.25) is 9.52 Å². The van der Waals surface area contributed by atoms with Gasteiger partial charge in [-0.25, -0.2) is 4.98 Å². The Hall–Kier alpha value is -1.38. The summed E-state index contributed by atoms with van der Waals surface area (Å²) in [6, 6.07) is 2.86. The molecule has 1 aliphatic rings. The quantitative estimate of drug-likeness (QED) is 0.812. The molecule has 0 amide bonds. The first-order valence-electron chi connectivity index (χ1n) is 6.01. The molecule has 1 aliphatic heterocycles. The average Bonchev–Trinajstić information content (AvgIpc) is 2.38. The fraction of sp³-hybridized carbons (Fsp3) is 0.455. The molecule has 1 saturated heterocycles. The summed E-state index contributed by atoms with van der Waals surface area (Å²) in [5, 5.41) is 9.15. The van der Waals surface area contributed by atoms with Crippen molar-refractivity contribution in [2.45, 2.75) is 12.8 Å². The molecule has 1 atom stereocenters. The van der Waals surface area contributed by atoms with Gasteiger partial charge in [-0.15, -0.1) is 0 Å². The van der Waals surface area contributed by atoms with E-state index in [2.05, 4.69) is 9.71 Å². The lowest BCUT2D eigenvalue weighted by Gasteiger charge is -2.29. The van der Waals surface area contributed by atoms with Crippen LogP contribution in [-0.2, 0) is 15.0 Å². The Morgan fingerprint density at radius 3 is 2.95 bits per heavy atom. The second-order valence-corrected chi connectivity index (χ2v) is 6.57. The number of rotatable bonds is 4. The predicted octanol–water partition coefficient (Wildman–Crippen LogP) is 1.19. The number of aliphatic carboxylic acids is 1. The number of pyridine rings is 1. The van der Waals surface area contributed by atoms with Crippen molar-refractivity contribution < 1.29 is 18.3 Å². The summed E-state index contributed by atoms with van der Waals surface area (Å²) in [5.41, 5.74) is 0.294. The Morgan fingerprint density at radius 1 is 1.55 bits per heavy atom. The second kappa shape index (κ2) is 5.94. The Balaban J connectivity index is 2.12. The summed E-state index contributed by atoms with van der Waals surface area (Å²) >= 11 is 5.69. The number of piperidine rings is 1. The highest BCUT2D eigenvalue weighted by molar-refractivity contribution is 7.90. The molecule has 110 valence electrons. The van der Waals surface area contributed by atoms with Crippen molar-refractivity contribution in [2.75, 3.05) is 17.8 Å². The molecule has 0 aromatic carbocycles. The molecule has 0 radical (unpaired) electrons. The first-order chi connectivity index (χ1) is 9.38. The van der Waals surface area contributed by atoms with E-state index < -0.39 is 22.1 Å². The van der Waals surface area contributed by atoms with Crippen LogP contribution in [0.15, 0.2) is 18.3 Å². The number of carboxylic acids is 1. The number of nitrogens with one attached hydrogen (secondary N) is 1.